The van der Waals surface area contributed by atoms with E-state index in [2.05, 4.69) is 55.5 Å². The number of hydrogen-bond acceptors (Lipinski definition) is 8. The molecule has 0 saturated heterocycles. The predicted molar refractivity (Wildman–Crippen MR) is 117 cm³/mol. The van der Waals surface area contributed by atoms with Gasteiger partial charge in [0.1, 0.15) is 17.9 Å². The quantitative estimate of drug-likeness (QED) is 0.617. The number of fused-ring (bicyclic) bond motifs is 1. The van der Waals surface area contributed by atoms with Crippen molar-refractivity contribution >= 4 is 11.8 Å². The van der Waals surface area contributed by atoms with Crippen LogP contribution in [0.3, 0.4) is 0 Å². The first kappa shape index (κ1) is 20.0. The van der Waals surface area contributed by atoms with E-state index in [1.54, 1.807) is 25.8 Å². The van der Waals surface area contributed by atoms with Crippen molar-refractivity contribution < 1.29 is 4.74 Å². The summed E-state index contributed by atoms with van der Waals surface area (Å²) in [5.41, 5.74) is 4.81. The maximum atomic E-state index is 5.95. The van der Waals surface area contributed by atoms with Crippen LogP contribution in [0.25, 0.3) is 11.3 Å². The van der Waals surface area contributed by atoms with Crippen molar-refractivity contribution in [3.05, 3.63) is 47.8 Å². The highest BCUT2D eigenvalue weighted by atomic mass is 16.5. The van der Waals surface area contributed by atoms with Gasteiger partial charge in [0.05, 0.1) is 18.0 Å². The van der Waals surface area contributed by atoms with Gasteiger partial charge in [-0.2, -0.15) is 0 Å². The molecule has 0 saturated carbocycles. The molecule has 8 heteroatoms. The van der Waals surface area contributed by atoms with E-state index in [0.29, 0.717) is 19.1 Å². The van der Waals surface area contributed by atoms with Gasteiger partial charge in [0.15, 0.2) is 0 Å². The Morgan fingerprint density at radius 1 is 1.13 bits per heavy atom. The molecule has 3 aromatic heterocycles. The summed E-state index contributed by atoms with van der Waals surface area (Å²) in [7, 11) is 1.79. The maximum absolute atomic E-state index is 5.95. The van der Waals surface area contributed by atoms with Crippen molar-refractivity contribution in [3.8, 4) is 17.0 Å². The number of hydrogen-bond donors (Lipinski definition) is 2. The van der Waals surface area contributed by atoms with E-state index in [9.17, 15) is 0 Å². The summed E-state index contributed by atoms with van der Waals surface area (Å²) < 4.78 is 5.95. The number of ether oxygens (including phenoxy) is 1. The summed E-state index contributed by atoms with van der Waals surface area (Å²) in [6.07, 6.45) is 6.89. The zero-order valence-electron chi connectivity index (χ0n) is 17.9. The van der Waals surface area contributed by atoms with Crippen LogP contribution in [0.5, 0.6) is 5.75 Å². The van der Waals surface area contributed by atoms with Crippen LogP contribution in [-0.4, -0.2) is 45.1 Å². The highest BCUT2D eigenvalue weighted by Gasteiger charge is 2.32. The Kier molecular flexibility index (Phi) is 5.48. The fourth-order valence-corrected chi connectivity index (χ4v) is 3.65. The molecule has 4 heterocycles. The molecule has 156 valence electrons. The smallest absolute Gasteiger partial charge is 0.222 e. The molecule has 0 fully saturated rings. The summed E-state index contributed by atoms with van der Waals surface area (Å²) in [5.74, 6) is 2.30. The third-order valence-electron chi connectivity index (χ3n) is 5.69. The summed E-state index contributed by atoms with van der Waals surface area (Å²) in [6.45, 7) is 7.92. The Labute approximate surface area is 176 Å². The Balaban J connectivity index is 1.56. The number of nitrogens with zero attached hydrogens (tertiary/aromatic N) is 5. The molecule has 0 amide bonds. The monoisotopic (exact) mass is 405 g/mol. The number of nitrogens with one attached hydrogen (secondary N) is 2. The molecule has 0 aromatic carbocycles. The fourth-order valence-electron chi connectivity index (χ4n) is 3.65. The maximum Gasteiger partial charge on any atom is 0.222 e. The van der Waals surface area contributed by atoms with Crippen molar-refractivity contribution in [2.24, 2.45) is 0 Å². The van der Waals surface area contributed by atoms with Crippen molar-refractivity contribution in [2.75, 3.05) is 30.8 Å². The van der Waals surface area contributed by atoms with E-state index in [4.69, 9.17) is 4.74 Å². The van der Waals surface area contributed by atoms with Crippen LogP contribution in [-0.2, 0) is 11.8 Å². The van der Waals surface area contributed by atoms with Crippen molar-refractivity contribution in [1.82, 2.24) is 24.9 Å². The minimum atomic E-state index is -0.120. The molecule has 3 aromatic rings. The molecule has 1 aliphatic heterocycles. The highest BCUT2D eigenvalue weighted by Crippen LogP contribution is 2.39. The topological polar surface area (TPSA) is 97.7 Å². The average molecular weight is 406 g/mol. The lowest BCUT2D eigenvalue weighted by Crippen LogP contribution is -2.31. The zero-order valence-corrected chi connectivity index (χ0v) is 17.9. The molecule has 8 nitrogen and oxygen atoms in total. The molecule has 4 rings (SSSR count). The Morgan fingerprint density at radius 2 is 1.93 bits per heavy atom. The molecule has 2 N–H and O–H groups in total. The lowest BCUT2D eigenvalue weighted by Gasteiger charge is -2.31. The van der Waals surface area contributed by atoms with E-state index in [0.717, 1.165) is 47.1 Å². The Morgan fingerprint density at radius 3 is 2.67 bits per heavy atom. The van der Waals surface area contributed by atoms with Gasteiger partial charge in [-0.1, -0.05) is 13.8 Å². The summed E-state index contributed by atoms with van der Waals surface area (Å²) in [6, 6.07) is 4.08. The Bertz CT molecular complexity index is 1040. The predicted octanol–water partition coefficient (Wildman–Crippen LogP) is 3.39. The molecule has 1 aliphatic rings. The molecule has 1 atom stereocenters. The summed E-state index contributed by atoms with van der Waals surface area (Å²) >= 11 is 0. The second-order valence-corrected chi connectivity index (χ2v) is 7.79. The van der Waals surface area contributed by atoms with Gasteiger partial charge >= 0.3 is 0 Å². The van der Waals surface area contributed by atoms with E-state index in [1.807, 2.05) is 13.0 Å². The second-order valence-electron chi connectivity index (χ2n) is 7.79. The molecule has 0 bridgehead atoms. The number of anilines is 2. The number of rotatable bonds is 7. The van der Waals surface area contributed by atoms with Crippen LogP contribution in [0.4, 0.5) is 11.8 Å². The van der Waals surface area contributed by atoms with Gasteiger partial charge in [-0.3, -0.25) is 4.98 Å². The molecule has 0 unspecified atom stereocenters. The van der Waals surface area contributed by atoms with Crippen LogP contribution in [0.15, 0.2) is 30.9 Å². The summed E-state index contributed by atoms with van der Waals surface area (Å²) in [4.78, 5) is 21.9. The van der Waals surface area contributed by atoms with E-state index >= 15 is 0 Å². The van der Waals surface area contributed by atoms with Gasteiger partial charge < -0.3 is 15.4 Å². The van der Waals surface area contributed by atoms with Crippen LogP contribution < -0.4 is 15.4 Å². The number of pyridine rings is 1. The molecular weight excluding hydrogens is 378 g/mol. The first-order valence-corrected chi connectivity index (χ1v) is 10.2. The minimum absolute atomic E-state index is 0.120. The van der Waals surface area contributed by atoms with Crippen molar-refractivity contribution in [3.63, 3.8) is 0 Å². The lowest BCUT2D eigenvalue weighted by molar-refractivity contribution is 0.341. The zero-order chi connectivity index (χ0) is 21.1. The average Bonchev–Trinajstić information content (AvgIpc) is 3.25. The normalized spacial score (nSPS) is 14.5. The third-order valence-corrected chi connectivity index (χ3v) is 5.69. The molecule has 30 heavy (non-hydrogen) atoms. The van der Waals surface area contributed by atoms with Crippen molar-refractivity contribution in [1.29, 1.82) is 0 Å². The SMILES string of the molecule is CC[C@](C)(CNc1cc(-c2cnc(NC)nc2)ncn1)c1cc(C)nc2c1OCC2. The minimum Gasteiger partial charge on any atom is -0.491 e. The van der Waals surface area contributed by atoms with Gasteiger partial charge in [-0.25, -0.2) is 19.9 Å². The standard InChI is InChI=1S/C22H27N7O/c1-5-22(3,16-8-14(2)29-17-6-7-30-20(16)17)12-26-19-9-18(27-13-28-19)15-10-24-21(23-4)25-11-15/h8-11,13H,5-7,12H2,1-4H3,(H,23,24,25)(H,26,27,28)/t22-/m1/s1. The lowest BCUT2D eigenvalue weighted by atomic mass is 9.79. The first-order chi connectivity index (χ1) is 14.5. The highest BCUT2D eigenvalue weighted by molar-refractivity contribution is 5.61. The van der Waals surface area contributed by atoms with E-state index in [-0.39, 0.29) is 5.41 Å². The molecule has 0 spiro atoms. The first-order valence-electron chi connectivity index (χ1n) is 10.2. The van der Waals surface area contributed by atoms with Crippen molar-refractivity contribution in [2.45, 2.75) is 39.0 Å². The van der Waals surface area contributed by atoms with E-state index < -0.39 is 0 Å². The largest absolute Gasteiger partial charge is 0.491 e. The fraction of sp³-hybridized carbons (Fsp3) is 0.409. The Hall–Kier alpha value is -3.29. The molecule has 0 aliphatic carbocycles. The van der Waals surface area contributed by atoms with Gasteiger partial charge in [0, 0.05) is 60.7 Å². The van der Waals surface area contributed by atoms with Crippen LogP contribution in [0.1, 0.15) is 37.2 Å². The van der Waals surface area contributed by atoms with Gasteiger partial charge in [0.25, 0.3) is 0 Å². The number of aromatic nitrogens is 5. The van der Waals surface area contributed by atoms with Crippen LogP contribution in [0.2, 0.25) is 0 Å². The van der Waals surface area contributed by atoms with Gasteiger partial charge in [0.2, 0.25) is 5.95 Å². The van der Waals surface area contributed by atoms with Gasteiger partial charge in [-0.15, -0.1) is 0 Å². The third kappa shape index (κ3) is 3.90. The van der Waals surface area contributed by atoms with Crippen LogP contribution >= 0.6 is 0 Å². The second kappa shape index (κ2) is 8.22. The summed E-state index contributed by atoms with van der Waals surface area (Å²) in [5, 5.41) is 6.41. The molecule has 0 radical (unpaired) electrons. The van der Waals surface area contributed by atoms with E-state index in [1.165, 1.54) is 5.56 Å². The van der Waals surface area contributed by atoms with Crippen LogP contribution in [0, 0.1) is 6.92 Å². The number of aryl methyl sites for hydroxylation is 1. The van der Waals surface area contributed by atoms with Gasteiger partial charge in [-0.05, 0) is 19.4 Å². The molecular formula is C22H27N7O.